The number of hydrogen-bond donors (Lipinski definition) is 3. The number of hydrogen-bond acceptors (Lipinski definition) is 4. The van der Waals surface area contributed by atoms with Crippen molar-refractivity contribution in [2.24, 2.45) is 11.7 Å². The summed E-state index contributed by atoms with van der Waals surface area (Å²) in [5.74, 6) is 1.35. The van der Waals surface area contributed by atoms with Crippen molar-refractivity contribution in [2.45, 2.75) is 32.7 Å². The Morgan fingerprint density at radius 3 is 2.65 bits per heavy atom. The molecule has 2 heterocycles. The third-order valence-electron chi connectivity index (χ3n) is 4.03. The predicted octanol–water partition coefficient (Wildman–Crippen LogP) is 0.993. The van der Waals surface area contributed by atoms with Crippen LogP contribution in [0.15, 0.2) is 18.3 Å². The molecular weight excluding hydrogens is 294 g/mol. The van der Waals surface area contributed by atoms with Crippen LogP contribution in [0.3, 0.4) is 0 Å². The zero-order chi connectivity index (χ0) is 16.7. The van der Waals surface area contributed by atoms with E-state index in [-0.39, 0.29) is 19.0 Å². The first-order valence-corrected chi connectivity index (χ1v) is 8.04. The van der Waals surface area contributed by atoms with Gasteiger partial charge in [-0.1, -0.05) is 13.0 Å². The Kier molecular flexibility index (Phi) is 6.19. The number of piperidine rings is 1. The van der Waals surface area contributed by atoms with E-state index >= 15 is 0 Å². The Morgan fingerprint density at radius 2 is 2.04 bits per heavy atom. The second-order valence-corrected chi connectivity index (χ2v) is 6.02. The van der Waals surface area contributed by atoms with Crippen molar-refractivity contribution >= 4 is 17.8 Å². The molecule has 0 saturated carbocycles. The maximum atomic E-state index is 11.5. The first-order chi connectivity index (χ1) is 11.0. The summed E-state index contributed by atoms with van der Waals surface area (Å²) >= 11 is 0. The second-order valence-electron chi connectivity index (χ2n) is 6.02. The molecule has 0 unspecified atom stereocenters. The van der Waals surface area contributed by atoms with Crippen LogP contribution in [0.4, 0.5) is 10.6 Å². The van der Waals surface area contributed by atoms with Crippen LogP contribution in [0.25, 0.3) is 0 Å². The number of nitrogens with one attached hydrogen (secondary N) is 2. The number of urea groups is 1. The fourth-order valence-electron chi connectivity index (χ4n) is 2.49. The number of carbonyl (C=O) groups is 2. The van der Waals surface area contributed by atoms with Crippen LogP contribution in [0.2, 0.25) is 0 Å². The van der Waals surface area contributed by atoms with E-state index in [4.69, 9.17) is 5.73 Å². The monoisotopic (exact) mass is 319 g/mol. The van der Waals surface area contributed by atoms with E-state index in [9.17, 15) is 9.59 Å². The summed E-state index contributed by atoms with van der Waals surface area (Å²) < 4.78 is 0. The fraction of sp³-hybridized carbons (Fsp3) is 0.562. The maximum absolute atomic E-state index is 11.5. The molecule has 7 nitrogen and oxygen atoms in total. The Balaban J connectivity index is 1.74. The molecule has 2 rings (SSSR count). The zero-order valence-electron chi connectivity index (χ0n) is 13.5. The van der Waals surface area contributed by atoms with Crippen LogP contribution < -0.4 is 21.3 Å². The Labute approximate surface area is 136 Å². The van der Waals surface area contributed by atoms with Crippen LogP contribution in [0.5, 0.6) is 0 Å². The molecule has 0 spiro atoms. The molecule has 1 fully saturated rings. The van der Waals surface area contributed by atoms with E-state index in [1.807, 2.05) is 12.1 Å². The van der Waals surface area contributed by atoms with Gasteiger partial charge in [-0.25, -0.2) is 9.78 Å². The van der Waals surface area contributed by atoms with Crippen molar-refractivity contribution in [3.05, 3.63) is 23.9 Å². The third-order valence-corrected chi connectivity index (χ3v) is 4.03. The molecule has 1 aromatic heterocycles. The average molecular weight is 319 g/mol. The van der Waals surface area contributed by atoms with Gasteiger partial charge in [0.15, 0.2) is 0 Å². The van der Waals surface area contributed by atoms with E-state index in [0.29, 0.717) is 6.54 Å². The minimum atomic E-state index is -0.433. The van der Waals surface area contributed by atoms with Crippen molar-refractivity contribution in [1.82, 2.24) is 15.6 Å². The van der Waals surface area contributed by atoms with Crippen molar-refractivity contribution < 1.29 is 9.59 Å². The smallest absolute Gasteiger partial charge is 0.315 e. The highest BCUT2D eigenvalue weighted by Crippen LogP contribution is 2.21. The van der Waals surface area contributed by atoms with E-state index in [1.165, 1.54) is 12.8 Å². The van der Waals surface area contributed by atoms with Crippen LogP contribution in [-0.4, -0.2) is 36.6 Å². The van der Waals surface area contributed by atoms with Gasteiger partial charge < -0.3 is 21.3 Å². The topological polar surface area (TPSA) is 100 Å². The predicted molar refractivity (Wildman–Crippen MR) is 88.9 cm³/mol. The molecule has 0 bridgehead atoms. The fourth-order valence-corrected chi connectivity index (χ4v) is 2.49. The molecule has 0 aliphatic carbocycles. The number of nitrogens with zero attached hydrogens (tertiary/aromatic N) is 2. The maximum Gasteiger partial charge on any atom is 0.315 e. The molecule has 7 heteroatoms. The molecule has 23 heavy (non-hydrogen) atoms. The number of aromatic nitrogens is 1. The molecule has 0 atom stereocenters. The third kappa shape index (κ3) is 5.77. The van der Waals surface area contributed by atoms with Gasteiger partial charge in [-0.05, 0) is 30.4 Å². The Bertz CT molecular complexity index is 524. The van der Waals surface area contributed by atoms with Gasteiger partial charge in [0.2, 0.25) is 5.91 Å². The molecule has 1 aliphatic heterocycles. The van der Waals surface area contributed by atoms with Crippen molar-refractivity contribution in [3.63, 3.8) is 0 Å². The number of amides is 3. The largest absolute Gasteiger partial charge is 0.370 e. The molecular formula is C16H25N5O2. The standard InChI is InChI=1S/C16H25N5O2/c1-12-5-8-21(9-6-12)15-3-2-13(10-19-15)11-20-16(23)18-7-4-14(17)22/h2-3,10,12H,4-9,11H2,1H3,(H2,17,22)(H2,18,20,23). The van der Waals surface area contributed by atoms with Gasteiger partial charge in [0, 0.05) is 38.8 Å². The molecule has 1 aromatic rings. The summed E-state index contributed by atoms with van der Waals surface area (Å²) in [5.41, 5.74) is 5.94. The summed E-state index contributed by atoms with van der Waals surface area (Å²) in [5, 5.41) is 5.29. The van der Waals surface area contributed by atoms with Crippen molar-refractivity contribution in [2.75, 3.05) is 24.5 Å². The summed E-state index contributed by atoms with van der Waals surface area (Å²) in [7, 11) is 0. The number of rotatable bonds is 6. The number of pyridine rings is 1. The molecule has 126 valence electrons. The van der Waals surface area contributed by atoms with Gasteiger partial charge in [-0.2, -0.15) is 0 Å². The first-order valence-electron chi connectivity index (χ1n) is 8.04. The normalized spacial score (nSPS) is 15.3. The second kappa shape index (κ2) is 8.36. The summed E-state index contributed by atoms with van der Waals surface area (Å²) in [6.45, 7) is 5.02. The van der Waals surface area contributed by atoms with Gasteiger partial charge in [0.25, 0.3) is 0 Å². The van der Waals surface area contributed by atoms with Crippen LogP contribution in [0.1, 0.15) is 31.7 Å². The Morgan fingerprint density at radius 1 is 1.30 bits per heavy atom. The van der Waals surface area contributed by atoms with Gasteiger partial charge in [0.1, 0.15) is 5.82 Å². The highest BCUT2D eigenvalue weighted by molar-refractivity contribution is 5.76. The molecule has 1 aliphatic rings. The summed E-state index contributed by atoms with van der Waals surface area (Å²) in [6, 6.07) is 3.66. The van der Waals surface area contributed by atoms with E-state index in [1.54, 1.807) is 6.20 Å². The van der Waals surface area contributed by atoms with E-state index in [0.717, 1.165) is 30.4 Å². The molecule has 0 aromatic carbocycles. The lowest BCUT2D eigenvalue weighted by atomic mass is 9.99. The lowest BCUT2D eigenvalue weighted by molar-refractivity contribution is -0.117. The van der Waals surface area contributed by atoms with Gasteiger partial charge >= 0.3 is 6.03 Å². The quantitative estimate of drug-likeness (QED) is 0.728. The lowest BCUT2D eigenvalue weighted by Gasteiger charge is -2.31. The van der Waals surface area contributed by atoms with Crippen molar-refractivity contribution in [3.8, 4) is 0 Å². The molecule has 0 radical (unpaired) electrons. The number of carbonyl (C=O) groups excluding carboxylic acids is 2. The minimum Gasteiger partial charge on any atom is -0.370 e. The number of nitrogens with two attached hydrogens (primary N) is 1. The van der Waals surface area contributed by atoms with E-state index in [2.05, 4.69) is 27.4 Å². The molecule has 3 amide bonds. The first kappa shape index (κ1) is 17.1. The van der Waals surface area contributed by atoms with Gasteiger partial charge in [-0.15, -0.1) is 0 Å². The van der Waals surface area contributed by atoms with Crippen LogP contribution in [0, 0.1) is 5.92 Å². The zero-order valence-corrected chi connectivity index (χ0v) is 13.5. The summed E-state index contributed by atoms with van der Waals surface area (Å²) in [4.78, 5) is 28.9. The number of anilines is 1. The number of primary amides is 1. The molecule has 1 saturated heterocycles. The van der Waals surface area contributed by atoms with Gasteiger partial charge in [0.05, 0.1) is 0 Å². The highest BCUT2D eigenvalue weighted by atomic mass is 16.2. The van der Waals surface area contributed by atoms with Crippen molar-refractivity contribution in [1.29, 1.82) is 0 Å². The van der Waals surface area contributed by atoms with E-state index < -0.39 is 5.91 Å². The average Bonchev–Trinajstić information content (AvgIpc) is 2.54. The SMILES string of the molecule is CC1CCN(c2ccc(CNC(=O)NCCC(N)=O)cn2)CC1. The lowest BCUT2D eigenvalue weighted by Crippen LogP contribution is -2.36. The van der Waals surface area contributed by atoms with Gasteiger partial charge in [-0.3, -0.25) is 4.79 Å². The van der Waals surface area contributed by atoms with Crippen LogP contribution >= 0.6 is 0 Å². The summed E-state index contributed by atoms with van der Waals surface area (Å²) in [6.07, 6.45) is 4.34. The molecule has 4 N–H and O–H groups in total. The highest BCUT2D eigenvalue weighted by Gasteiger charge is 2.16. The minimum absolute atomic E-state index is 0.137. The van der Waals surface area contributed by atoms with Crippen LogP contribution in [-0.2, 0) is 11.3 Å². The Hall–Kier alpha value is -2.31.